The van der Waals surface area contributed by atoms with Gasteiger partial charge in [-0.15, -0.1) is 0 Å². The predicted molar refractivity (Wildman–Crippen MR) is 101 cm³/mol. The number of para-hydroxylation sites is 2. The first-order chi connectivity index (χ1) is 12.3. The van der Waals surface area contributed by atoms with Crippen LogP contribution in [0.3, 0.4) is 0 Å². The molecule has 0 atom stereocenters. The summed E-state index contributed by atoms with van der Waals surface area (Å²) in [6.07, 6.45) is 7.00. The van der Waals surface area contributed by atoms with Crippen LogP contribution in [-0.2, 0) is 4.79 Å². The van der Waals surface area contributed by atoms with Crippen molar-refractivity contribution >= 4 is 28.6 Å². The Morgan fingerprint density at radius 2 is 2.08 bits per heavy atom. The van der Waals surface area contributed by atoms with Crippen molar-refractivity contribution in [1.82, 2.24) is 0 Å². The summed E-state index contributed by atoms with van der Waals surface area (Å²) in [4.78, 5) is 12.2. The van der Waals surface area contributed by atoms with E-state index in [-0.39, 0.29) is 5.91 Å². The maximum absolute atomic E-state index is 12.2. The van der Waals surface area contributed by atoms with E-state index in [2.05, 4.69) is 12.2 Å². The molecule has 1 amide bonds. The summed E-state index contributed by atoms with van der Waals surface area (Å²) < 4.78 is 11.0. The quantitative estimate of drug-likeness (QED) is 0.473. The highest BCUT2D eigenvalue weighted by Gasteiger charge is 2.05. The number of unbranched alkanes of at least 4 members (excludes halogenated alkanes) is 1. The molecule has 0 aliphatic rings. The highest BCUT2D eigenvalue weighted by atomic mass is 16.5. The fraction of sp³-hybridized carbons (Fsp3) is 0.190. The summed E-state index contributed by atoms with van der Waals surface area (Å²) in [6.45, 7) is 2.76. The summed E-state index contributed by atoms with van der Waals surface area (Å²) >= 11 is 0. The van der Waals surface area contributed by atoms with Crippen LogP contribution < -0.4 is 10.1 Å². The van der Waals surface area contributed by atoms with Crippen LogP contribution in [0, 0.1) is 0 Å². The summed E-state index contributed by atoms with van der Waals surface area (Å²) in [5.74, 6) is 0.497. The van der Waals surface area contributed by atoms with Gasteiger partial charge in [-0.2, -0.15) is 0 Å². The number of amides is 1. The molecule has 1 heterocycles. The zero-order valence-corrected chi connectivity index (χ0v) is 14.2. The second-order valence-corrected chi connectivity index (χ2v) is 5.74. The van der Waals surface area contributed by atoms with Crippen LogP contribution in [-0.4, -0.2) is 12.5 Å². The Morgan fingerprint density at radius 3 is 2.96 bits per heavy atom. The molecule has 4 nitrogen and oxygen atoms in total. The Bertz CT molecular complexity index is 879. The van der Waals surface area contributed by atoms with Crippen molar-refractivity contribution in [2.24, 2.45) is 0 Å². The van der Waals surface area contributed by atoms with E-state index >= 15 is 0 Å². The van der Waals surface area contributed by atoms with Gasteiger partial charge in [0, 0.05) is 11.5 Å². The number of hydrogen-bond donors (Lipinski definition) is 1. The SMILES string of the molecule is CCCCOc1ccccc1NC(=O)/C=C/c1ccc2occc2c1. The van der Waals surface area contributed by atoms with Gasteiger partial charge in [0.05, 0.1) is 18.6 Å². The lowest BCUT2D eigenvalue weighted by molar-refractivity contribution is -0.111. The van der Waals surface area contributed by atoms with Crippen molar-refractivity contribution in [2.75, 3.05) is 11.9 Å². The Balaban J connectivity index is 1.65. The maximum atomic E-state index is 12.2. The van der Waals surface area contributed by atoms with Gasteiger partial charge >= 0.3 is 0 Å². The molecular weight excluding hydrogens is 314 g/mol. The van der Waals surface area contributed by atoms with Crippen LogP contribution in [0.5, 0.6) is 5.75 Å². The third kappa shape index (κ3) is 4.51. The molecule has 4 heteroatoms. The van der Waals surface area contributed by atoms with Crippen molar-refractivity contribution in [3.63, 3.8) is 0 Å². The molecule has 0 bridgehead atoms. The lowest BCUT2D eigenvalue weighted by atomic mass is 10.1. The number of furan rings is 1. The molecule has 0 aliphatic heterocycles. The molecule has 128 valence electrons. The summed E-state index contributed by atoms with van der Waals surface area (Å²) in [7, 11) is 0. The number of anilines is 1. The number of rotatable bonds is 7. The van der Waals surface area contributed by atoms with E-state index < -0.39 is 0 Å². The lowest BCUT2D eigenvalue weighted by Crippen LogP contribution is -2.09. The van der Waals surface area contributed by atoms with Gasteiger partial charge in [0.25, 0.3) is 0 Å². The smallest absolute Gasteiger partial charge is 0.248 e. The first-order valence-corrected chi connectivity index (χ1v) is 8.44. The van der Waals surface area contributed by atoms with Crippen LogP contribution in [0.2, 0.25) is 0 Å². The highest BCUT2D eigenvalue weighted by Crippen LogP contribution is 2.24. The Kier molecular flexibility index (Phi) is 5.52. The van der Waals surface area contributed by atoms with Crippen LogP contribution in [0.15, 0.2) is 65.3 Å². The van der Waals surface area contributed by atoms with E-state index in [1.54, 1.807) is 12.3 Å². The normalized spacial score (nSPS) is 11.1. The van der Waals surface area contributed by atoms with E-state index in [0.717, 1.165) is 29.4 Å². The van der Waals surface area contributed by atoms with Crippen molar-refractivity contribution in [1.29, 1.82) is 0 Å². The van der Waals surface area contributed by atoms with E-state index in [0.29, 0.717) is 18.0 Å². The minimum absolute atomic E-state index is 0.196. The second-order valence-electron chi connectivity index (χ2n) is 5.74. The topological polar surface area (TPSA) is 51.5 Å². The van der Waals surface area contributed by atoms with Crippen LogP contribution >= 0.6 is 0 Å². The standard InChI is InChI=1S/C21H21NO3/c1-2-3-13-24-20-7-5-4-6-18(20)22-21(23)11-9-16-8-10-19-17(15-16)12-14-25-19/h4-12,14-15H,2-3,13H2,1H3,(H,22,23)/b11-9+. The van der Waals surface area contributed by atoms with E-state index in [4.69, 9.17) is 9.15 Å². The average Bonchev–Trinajstić information content (AvgIpc) is 3.09. The van der Waals surface area contributed by atoms with Gasteiger partial charge in [-0.05, 0) is 48.4 Å². The summed E-state index contributed by atoms with van der Waals surface area (Å²) in [6, 6.07) is 15.2. The van der Waals surface area contributed by atoms with Gasteiger partial charge in [-0.25, -0.2) is 0 Å². The van der Waals surface area contributed by atoms with Crippen molar-refractivity contribution in [3.8, 4) is 5.75 Å². The molecule has 1 N–H and O–H groups in total. The van der Waals surface area contributed by atoms with Crippen LogP contribution in [0.4, 0.5) is 5.69 Å². The Labute approximate surface area is 147 Å². The zero-order valence-electron chi connectivity index (χ0n) is 14.2. The largest absolute Gasteiger partial charge is 0.491 e. The van der Waals surface area contributed by atoms with Gasteiger partial charge in [-0.1, -0.05) is 31.5 Å². The van der Waals surface area contributed by atoms with Crippen LogP contribution in [0.1, 0.15) is 25.3 Å². The minimum Gasteiger partial charge on any atom is -0.491 e. The third-order valence-corrected chi connectivity index (χ3v) is 3.80. The summed E-state index contributed by atoms with van der Waals surface area (Å²) in [5, 5.41) is 3.88. The van der Waals surface area contributed by atoms with Gasteiger partial charge in [-0.3, -0.25) is 4.79 Å². The number of fused-ring (bicyclic) bond motifs is 1. The number of carbonyl (C=O) groups excluding carboxylic acids is 1. The van der Waals surface area contributed by atoms with Crippen LogP contribution in [0.25, 0.3) is 17.0 Å². The molecule has 0 saturated heterocycles. The molecule has 3 rings (SSSR count). The first kappa shape index (κ1) is 16.8. The van der Waals surface area contributed by atoms with E-state index in [1.807, 2.05) is 48.5 Å². The molecule has 0 unspecified atom stereocenters. The highest BCUT2D eigenvalue weighted by molar-refractivity contribution is 6.03. The van der Waals surface area contributed by atoms with Gasteiger partial charge in [0.1, 0.15) is 11.3 Å². The fourth-order valence-electron chi connectivity index (χ4n) is 2.46. The number of ether oxygens (including phenoxy) is 1. The van der Waals surface area contributed by atoms with Gasteiger partial charge in [0.15, 0.2) is 0 Å². The Morgan fingerprint density at radius 1 is 1.20 bits per heavy atom. The molecule has 2 aromatic carbocycles. The number of hydrogen-bond acceptors (Lipinski definition) is 3. The van der Waals surface area contributed by atoms with Crippen molar-refractivity contribution < 1.29 is 13.9 Å². The number of carbonyl (C=O) groups is 1. The molecule has 0 fully saturated rings. The van der Waals surface area contributed by atoms with Gasteiger partial charge in [0.2, 0.25) is 5.91 Å². The molecule has 3 aromatic rings. The molecule has 0 radical (unpaired) electrons. The van der Waals surface area contributed by atoms with E-state index in [1.165, 1.54) is 6.08 Å². The zero-order chi connectivity index (χ0) is 17.5. The second kappa shape index (κ2) is 8.20. The first-order valence-electron chi connectivity index (χ1n) is 8.44. The molecule has 0 saturated carbocycles. The molecule has 1 aromatic heterocycles. The van der Waals surface area contributed by atoms with Gasteiger partial charge < -0.3 is 14.5 Å². The molecule has 0 spiro atoms. The number of benzene rings is 2. The predicted octanol–water partition coefficient (Wildman–Crippen LogP) is 5.26. The van der Waals surface area contributed by atoms with E-state index in [9.17, 15) is 4.79 Å². The van der Waals surface area contributed by atoms with Crippen molar-refractivity contribution in [2.45, 2.75) is 19.8 Å². The number of nitrogens with one attached hydrogen (secondary N) is 1. The minimum atomic E-state index is -0.196. The molecule has 25 heavy (non-hydrogen) atoms. The fourth-order valence-corrected chi connectivity index (χ4v) is 2.46. The summed E-state index contributed by atoms with van der Waals surface area (Å²) in [5.41, 5.74) is 2.45. The third-order valence-electron chi connectivity index (χ3n) is 3.80. The van der Waals surface area contributed by atoms with Crippen molar-refractivity contribution in [3.05, 3.63) is 66.4 Å². The Hall–Kier alpha value is -3.01. The molecule has 0 aliphatic carbocycles. The lowest BCUT2D eigenvalue weighted by Gasteiger charge is -2.11. The molecular formula is C21H21NO3. The maximum Gasteiger partial charge on any atom is 0.248 e. The average molecular weight is 335 g/mol. The monoisotopic (exact) mass is 335 g/mol.